The van der Waals surface area contributed by atoms with E-state index in [2.05, 4.69) is 39.8 Å². The molecule has 2 saturated heterocycles. The lowest BCUT2D eigenvalue weighted by atomic mass is 10.1. The lowest BCUT2D eigenvalue weighted by Crippen LogP contribution is -2.33. The fourth-order valence-electron chi connectivity index (χ4n) is 3.63. The van der Waals surface area contributed by atoms with E-state index in [0.29, 0.717) is 19.0 Å². The van der Waals surface area contributed by atoms with Gasteiger partial charge in [-0.05, 0) is 50.4 Å². The van der Waals surface area contributed by atoms with Gasteiger partial charge in [0.05, 0.1) is 6.42 Å². The quantitative estimate of drug-likeness (QED) is 0.871. The summed E-state index contributed by atoms with van der Waals surface area (Å²) in [6.45, 7) is 5.14. The van der Waals surface area contributed by atoms with Crippen LogP contribution in [-0.2, 0) is 11.2 Å². The third-order valence-corrected chi connectivity index (χ3v) is 4.65. The molecule has 3 rings (SSSR count). The monoisotopic (exact) mass is 287 g/mol. The van der Waals surface area contributed by atoms with Crippen LogP contribution in [0.3, 0.4) is 0 Å². The molecule has 0 aliphatic carbocycles. The third-order valence-electron chi connectivity index (χ3n) is 4.65. The Morgan fingerprint density at radius 2 is 2.05 bits per heavy atom. The van der Waals surface area contributed by atoms with Gasteiger partial charge < -0.3 is 10.6 Å². The molecule has 4 nitrogen and oxygen atoms in total. The number of rotatable bonds is 5. The molecule has 2 N–H and O–H groups in total. The van der Waals surface area contributed by atoms with Crippen molar-refractivity contribution in [2.24, 2.45) is 0 Å². The molecule has 1 aromatic rings. The number of nitrogens with one attached hydrogen (secondary N) is 2. The Kier molecular flexibility index (Phi) is 4.44. The van der Waals surface area contributed by atoms with Crippen LogP contribution in [0, 0.1) is 0 Å². The van der Waals surface area contributed by atoms with Crippen LogP contribution in [0.4, 0.5) is 5.69 Å². The Bertz CT molecular complexity index is 485. The molecule has 0 saturated carbocycles. The van der Waals surface area contributed by atoms with Crippen molar-refractivity contribution in [3.05, 3.63) is 29.8 Å². The van der Waals surface area contributed by atoms with Gasteiger partial charge in [-0.3, -0.25) is 9.69 Å². The number of anilines is 1. The van der Waals surface area contributed by atoms with Gasteiger partial charge in [0.1, 0.15) is 0 Å². The van der Waals surface area contributed by atoms with E-state index in [0.717, 1.165) is 11.6 Å². The summed E-state index contributed by atoms with van der Waals surface area (Å²) >= 11 is 0. The van der Waals surface area contributed by atoms with E-state index in [4.69, 9.17) is 0 Å². The van der Waals surface area contributed by atoms with Gasteiger partial charge >= 0.3 is 0 Å². The largest absolute Gasteiger partial charge is 0.381 e. The lowest BCUT2D eigenvalue weighted by Gasteiger charge is -2.22. The average molecular weight is 287 g/mol. The minimum atomic E-state index is 0.0931. The molecule has 114 valence electrons. The average Bonchev–Trinajstić information content (AvgIpc) is 3.06. The molecule has 2 aliphatic heterocycles. The van der Waals surface area contributed by atoms with Crippen LogP contribution in [0.1, 0.15) is 31.7 Å². The first-order valence-corrected chi connectivity index (χ1v) is 8.12. The third kappa shape index (κ3) is 3.38. The number of hydrogen-bond donors (Lipinski definition) is 2. The van der Waals surface area contributed by atoms with Gasteiger partial charge in [-0.1, -0.05) is 12.1 Å². The van der Waals surface area contributed by atoms with Gasteiger partial charge in [-0.25, -0.2) is 0 Å². The number of fused-ring (bicyclic) bond motifs is 1. The molecular formula is C17H25N3O. The number of carbonyl (C=O) groups excluding carboxylic acids is 1. The van der Waals surface area contributed by atoms with Crippen molar-refractivity contribution in [3.8, 4) is 0 Å². The van der Waals surface area contributed by atoms with Crippen molar-refractivity contribution < 1.29 is 4.79 Å². The first-order chi connectivity index (χ1) is 10.3. The molecule has 21 heavy (non-hydrogen) atoms. The summed E-state index contributed by atoms with van der Waals surface area (Å²) < 4.78 is 0. The number of amides is 1. The van der Waals surface area contributed by atoms with Crippen molar-refractivity contribution in [1.82, 2.24) is 10.2 Å². The maximum absolute atomic E-state index is 11.6. The molecule has 4 heteroatoms. The Labute approximate surface area is 126 Å². The molecule has 2 unspecified atom stereocenters. The fourth-order valence-corrected chi connectivity index (χ4v) is 3.63. The topological polar surface area (TPSA) is 44.4 Å². The first kappa shape index (κ1) is 14.4. The minimum Gasteiger partial charge on any atom is -0.381 e. The molecule has 0 radical (unpaired) electrons. The van der Waals surface area contributed by atoms with Crippen LogP contribution >= 0.6 is 0 Å². The van der Waals surface area contributed by atoms with E-state index in [9.17, 15) is 4.79 Å². The van der Waals surface area contributed by atoms with Crippen molar-refractivity contribution in [3.63, 3.8) is 0 Å². The van der Waals surface area contributed by atoms with E-state index < -0.39 is 0 Å². The summed E-state index contributed by atoms with van der Waals surface area (Å²) in [6.07, 6.45) is 4.38. The van der Waals surface area contributed by atoms with Crippen molar-refractivity contribution >= 4 is 11.6 Å². The van der Waals surface area contributed by atoms with Crippen LogP contribution in [0.15, 0.2) is 24.3 Å². The Balaban J connectivity index is 1.56. The van der Waals surface area contributed by atoms with Crippen LogP contribution in [0.5, 0.6) is 0 Å². The first-order valence-electron chi connectivity index (χ1n) is 8.12. The maximum atomic E-state index is 11.6. The zero-order chi connectivity index (χ0) is 14.7. The van der Waals surface area contributed by atoms with Crippen LogP contribution in [-0.4, -0.2) is 42.5 Å². The molecular weight excluding hydrogens is 262 g/mol. The van der Waals surface area contributed by atoms with Crippen molar-refractivity contribution in [1.29, 1.82) is 0 Å². The van der Waals surface area contributed by atoms with E-state index in [-0.39, 0.29) is 5.91 Å². The lowest BCUT2D eigenvalue weighted by molar-refractivity contribution is -0.120. The summed E-state index contributed by atoms with van der Waals surface area (Å²) in [7, 11) is 0. The second kappa shape index (κ2) is 6.48. The molecule has 0 bridgehead atoms. The number of hydrogen-bond acceptors (Lipinski definition) is 3. The van der Waals surface area contributed by atoms with Gasteiger partial charge in [0.25, 0.3) is 0 Å². The van der Waals surface area contributed by atoms with Crippen LogP contribution < -0.4 is 10.6 Å². The van der Waals surface area contributed by atoms with Crippen LogP contribution in [0.2, 0.25) is 0 Å². The van der Waals surface area contributed by atoms with Gasteiger partial charge in [-0.2, -0.15) is 0 Å². The standard InChI is InChI=1S/C17H25N3O/c1-2-18-17(21)12-13-5-7-14(8-6-13)19-15-9-11-20-10-3-4-16(15)20/h5-8,15-16,19H,2-4,9-12H2,1H3,(H,18,21). The Morgan fingerprint density at radius 1 is 1.24 bits per heavy atom. The highest BCUT2D eigenvalue weighted by molar-refractivity contribution is 5.78. The summed E-state index contributed by atoms with van der Waals surface area (Å²) in [5, 5.41) is 6.51. The zero-order valence-electron chi connectivity index (χ0n) is 12.8. The maximum Gasteiger partial charge on any atom is 0.224 e. The number of likely N-dealkylation sites (N-methyl/N-ethyl adjacent to an activating group) is 1. The summed E-state index contributed by atoms with van der Waals surface area (Å²) in [5.74, 6) is 0.0931. The molecule has 2 fully saturated rings. The van der Waals surface area contributed by atoms with Gasteiger partial charge in [-0.15, -0.1) is 0 Å². The van der Waals surface area contributed by atoms with Gasteiger partial charge in [0.2, 0.25) is 5.91 Å². The van der Waals surface area contributed by atoms with E-state index in [1.165, 1.54) is 38.0 Å². The molecule has 2 atom stereocenters. The highest BCUT2D eigenvalue weighted by Crippen LogP contribution is 2.30. The second-order valence-electron chi connectivity index (χ2n) is 6.11. The zero-order valence-corrected chi connectivity index (χ0v) is 12.8. The SMILES string of the molecule is CCNC(=O)Cc1ccc(NC2CCN3CCCC23)cc1. The predicted molar refractivity (Wildman–Crippen MR) is 85.5 cm³/mol. The minimum absolute atomic E-state index is 0.0931. The fraction of sp³-hybridized carbons (Fsp3) is 0.588. The summed E-state index contributed by atoms with van der Waals surface area (Å²) in [5.41, 5.74) is 2.24. The highest BCUT2D eigenvalue weighted by Gasteiger charge is 2.36. The van der Waals surface area contributed by atoms with Crippen molar-refractivity contribution in [2.75, 3.05) is 25.0 Å². The van der Waals surface area contributed by atoms with Crippen LogP contribution in [0.25, 0.3) is 0 Å². The number of benzene rings is 1. The van der Waals surface area contributed by atoms with E-state index in [1.807, 2.05) is 6.92 Å². The normalized spacial score (nSPS) is 24.8. The highest BCUT2D eigenvalue weighted by atomic mass is 16.1. The summed E-state index contributed by atoms with van der Waals surface area (Å²) in [4.78, 5) is 14.2. The Morgan fingerprint density at radius 3 is 2.81 bits per heavy atom. The molecule has 0 aromatic heterocycles. The predicted octanol–water partition coefficient (Wildman–Crippen LogP) is 2.01. The van der Waals surface area contributed by atoms with Crippen molar-refractivity contribution in [2.45, 2.75) is 44.7 Å². The number of carbonyl (C=O) groups is 1. The Hall–Kier alpha value is -1.55. The second-order valence-corrected chi connectivity index (χ2v) is 6.11. The number of nitrogens with zero attached hydrogens (tertiary/aromatic N) is 1. The van der Waals surface area contributed by atoms with E-state index in [1.54, 1.807) is 0 Å². The summed E-state index contributed by atoms with van der Waals surface area (Å²) in [6, 6.07) is 9.62. The molecule has 0 spiro atoms. The van der Waals surface area contributed by atoms with Gasteiger partial charge in [0, 0.05) is 30.9 Å². The smallest absolute Gasteiger partial charge is 0.224 e. The van der Waals surface area contributed by atoms with Gasteiger partial charge in [0.15, 0.2) is 0 Å². The molecule has 2 aliphatic rings. The van der Waals surface area contributed by atoms with E-state index >= 15 is 0 Å². The molecule has 2 heterocycles. The molecule has 1 amide bonds. The molecule has 1 aromatic carbocycles.